The Hall–Kier alpha value is 0.0762. The molecule has 1 aromatic carbocycles. The van der Waals surface area contributed by atoms with Gasteiger partial charge in [0.15, 0.2) is 0 Å². The zero-order chi connectivity index (χ0) is 7.56. The Morgan fingerprint density at radius 3 is 2.45 bits per heavy atom. The average Bonchev–Trinajstić information content (AvgIpc) is 1.95. The Kier molecular flexibility index (Phi) is 4.89. The minimum atomic E-state index is 0. The van der Waals surface area contributed by atoms with Gasteiger partial charge in [0.1, 0.15) is 0 Å². The SMILES string of the molecule is COc1ccc[c]([Mg+])c1C.[Cl-]. The summed E-state index contributed by atoms with van der Waals surface area (Å²) in [6.07, 6.45) is 0. The third-order valence-electron chi connectivity index (χ3n) is 1.62. The van der Waals surface area contributed by atoms with E-state index in [0.29, 0.717) is 0 Å². The van der Waals surface area contributed by atoms with Gasteiger partial charge >= 0.3 is 73.7 Å². The van der Waals surface area contributed by atoms with Gasteiger partial charge in [-0.3, -0.25) is 0 Å². The van der Waals surface area contributed by atoms with Crippen LogP contribution in [-0.2, 0) is 0 Å². The van der Waals surface area contributed by atoms with E-state index in [2.05, 4.69) is 13.0 Å². The number of methoxy groups -OCH3 is 1. The normalized spacial score (nSPS) is 8.73. The first-order valence-corrected chi connectivity index (χ1v) is 3.92. The quantitative estimate of drug-likeness (QED) is 0.447. The fraction of sp³-hybridized carbons (Fsp3) is 0.250. The van der Waals surface area contributed by atoms with Crippen LogP contribution < -0.4 is 20.8 Å². The van der Waals surface area contributed by atoms with Crippen molar-refractivity contribution in [3.8, 4) is 5.75 Å². The molecule has 3 heteroatoms. The topological polar surface area (TPSA) is 9.23 Å². The summed E-state index contributed by atoms with van der Waals surface area (Å²) < 4.78 is 6.44. The standard InChI is InChI=1S/C8H9O.ClH.Mg/c1-7-5-3-4-6-8(7)9-2;;/h3-4,6H,1-2H3;1H;/q;;+1/p-1. The van der Waals surface area contributed by atoms with E-state index >= 15 is 0 Å². The maximum absolute atomic E-state index is 5.13. The van der Waals surface area contributed by atoms with Crippen LogP contribution in [0.3, 0.4) is 0 Å². The summed E-state index contributed by atoms with van der Waals surface area (Å²) in [5.41, 5.74) is 1.24. The molecule has 0 unspecified atom stereocenters. The summed E-state index contributed by atoms with van der Waals surface area (Å²) in [6.45, 7) is 2.07. The van der Waals surface area contributed by atoms with E-state index in [1.165, 1.54) is 9.26 Å². The van der Waals surface area contributed by atoms with Gasteiger partial charge in [-0.15, -0.1) is 0 Å². The molecule has 0 aliphatic rings. The van der Waals surface area contributed by atoms with Gasteiger partial charge in [0, 0.05) is 0 Å². The third kappa shape index (κ3) is 2.54. The minimum Gasteiger partial charge on any atom is -1.00 e. The Balaban J connectivity index is 0.000001000. The van der Waals surface area contributed by atoms with E-state index in [0.717, 1.165) is 5.75 Å². The number of hydrogen-bond acceptors (Lipinski definition) is 1. The molecular formula is C8H9ClMgO. The molecule has 0 N–H and O–H groups in total. The number of benzene rings is 1. The van der Waals surface area contributed by atoms with E-state index in [1.807, 2.05) is 33.8 Å². The van der Waals surface area contributed by atoms with E-state index in [-0.39, 0.29) is 12.4 Å². The zero-order valence-corrected chi connectivity index (χ0v) is 8.90. The van der Waals surface area contributed by atoms with Crippen molar-refractivity contribution in [1.82, 2.24) is 0 Å². The second kappa shape index (κ2) is 4.85. The van der Waals surface area contributed by atoms with Crippen molar-refractivity contribution in [2.75, 3.05) is 7.11 Å². The van der Waals surface area contributed by atoms with Crippen LogP contribution >= 0.6 is 0 Å². The molecule has 0 spiro atoms. The predicted octanol–water partition coefficient (Wildman–Crippen LogP) is -2.20. The summed E-state index contributed by atoms with van der Waals surface area (Å²) in [4.78, 5) is 0. The number of ether oxygens (including phenoxy) is 1. The summed E-state index contributed by atoms with van der Waals surface area (Å²) in [5.74, 6) is 0.979. The van der Waals surface area contributed by atoms with E-state index in [4.69, 9.17) is 4.74 Å². The van der Waals surface area contributed by atoms with Crippen LogP contribution in [0.1, 0.15) is 5.56 Å². The summed E-state index contributed by atoms with van der Waals surface area (Å²) in [7, 11) is 1.70. The molecule has 0 bridgehead atoms. The first-order valence-electron chi connectivity index (χ1n) is 3.21. The molecule has 0 amide bonds. The minimum absolute atomic E-state index is 0. The van der Waals surface area contributed by atoms with Crippen LogP contribution in [0, 0.1) is 6.92 Å². The van der Waals surface area contributed by atoms with Crippen LogP contribution in [-0.4, -0.2) is 28.8 Å². The summed E-state index contributed by atoms with van der Waals surface area (Å²) in [5, 5.41) is 0. The Labute approximate surface area is 86.0 Å². The second-order valence-corrected chi connectivity index (χ2v) is 3.01. The molecule has 1 nitrogen and oxygen atoms in total. The maximum Gasteiger partial charge on any atom is -1.00 e. The van der Waals surface area contributed by atoms with Crippen LogP contribution in [0.15, 0.2) is 18.2 Å². The molecule has 0 aliphatic heterocycles. The predicted molar refractivity (Wildman–Crippen MR) is 43.1 cm³/mol. The van der Waals surface area contributed by atoms with Gasteiger partial charge in [0.25, 0.3) is 0 Å². The fourth-order valence-electron chi connectivity index (χ4n) is 0.881. The van der Waals surface area contributed by atoms with Crippen molar-refractivity contribution in [3.63, 3.8) is 0 Å². The first kappa shape index (κ1) is 11.1. The van der Waals surface area contributed by atoms with Gasteiger partial charge in [-0.1, -0.05) is 0 Å². The summed E-state index contributed by atoms with van der Waals surface area (Å²) >= 11 is 1.88. The van der Waals surface area contributed by atoms with Crippen molar-refractivity contribution in [1.29, 1.82) is 0 Å². The molecule has 0 saturated carbocycles. The van der Waals surface area contributed by atoms with Crippen molar-refractivity contribution in [2.45, 2.75) is 6.92 Å². The maximum atomic E-state index is 5.13. The van der Waals surface area contributed by atoms with Gasteiger partial charge in [0.2, 0.25) is 0 Å². The van der Waals surface area contributed by atoms with Gasteiger partial charge in [-0.25, -0.2) is 0 Å². The molecule has 0 aliphatic carbocycles. The number of halogens is 1. The molecule has 11 heavy (non-hydrogen) atoms. The molecule has 1 aromatic rings. The van der Waals surface area contributed by atoms with Gasteiger partial charge in [-0.2, -0.15) is 0 Å². The molecule has 0 atom stereocenters. The molecule has 0 aromatic heterocycles. The van der Waals surface area contributed by atoms with E-state index in [1.54, 1.807) is 7.11 Å². The van der Waals surface area contributed by atoms with Crippen LogP contribution in [0.25, 0.3) is 0 Å². The van der Waals surface area contributed by atoms with Crippen molar-refractivity contribution >= 4 is 25.4 Å². The fourth-order valence-corrected chi connectivity index (χ4v) is 1.19. The molecule has 0 heterocycles. The van der Waals surface area contributed by atoms with E-state index < -0.39 is 0 Å². The van der Waals surface area contributed by atoms with Crippen molar-refractivity contribution in [3.05, 3.63) is 23.8 Å². The molecule has 1 rings (SSSR count). The molecular weight excluding hydrogens is 172 g/mol. The van der Waals surface area contributed by atoms with E-state index in [9.17, 15) is 0 Å². The Morgan fingerprint density at radius 1 is 1.36 bits per heavy atom. The number of hydrogen-bond donors (Lipinski definition) is 0. The second-order valence-electron chi connectivity index (χ2n) is 2.24. The van der Waals surface area contributed by atoms with Gasteiger partial charge in [0.05, 0.1) is 0 Å². The Morgan fingerprint density at radius 2 is 2.00 bits per heavy atom. The van der Waals surface area contributed by atoms with Crippen molar-refractivity contribution in [2.24, 2.45) is 0 Å². The Bertz CT molecular complexity index is 238. The molecule has 0 fully saturated rings. The molecule has 0 radical (unpaired) electrons. The largest absolute Gasteiger partial charge is 1.00 e. The van der Waals surface area contributed by atoms with Crippen molar-refractivity contribution < 1.29 is 17.1 Å². The van der Waals surface area contributed by atoms with Crippen LogP contribution in [0.2, 0.25) is 0 Å². The monoisotopic (exact) mass is 180 g/mol. The smallest absolute Gasteiger partial charge is 1.00 e. The first-order chi connectivity index (χ1) is 4.75. The van der Waals surface area contributed by atoms with Gasteiger partial charge < -0.3 is 12.4 Å². The molecule has 0 saturated heterocycles. The van der Waals surface area contributed by atoms with Crippen LogP contribution in [0.5, 0.6) is 5.75 Å². The molecule has 56 valence electrons. The zero-order valence-electron chi connectivity index (χ0n) is 6.73. The average molecular weight is 181 g/mol. The number of rotatable bonds is 1. The third-order valence-corrected chi connectivity index (χ3v) is 2.38. The summed E-state index contributed by atoms with van der Waals surface area (Å²) in [6, 6.07) is 6.08. The van der Waals surface area contributed by atoms with Crippen LogP contribution in [0.4, 0.5) is 0 Å². The van der Waals surface area contributed by atoms with Gasteiger partial charge in [-0.05, 0) is 0 Å².